The zero-order valence-electron chi connectivity index (χ0n) is 8.77. The average molecular weight is 218 g/mol. The van der Waals surface area contributed by atoms with Gasteiger partial charge in [0.25, 0.3) is 0 Å². The topological polar surface area (TPSA) is 113 Å². The molecule has 0 saturated heterocycles. The van der Waals surface area contributed by atoms with Crippen LogP contribution in [-0.4, -0.2) is 40.8 Å². The number of rotatable bonds is 7. The minimum atomic E-state index is -1.43. The minimum Gasteiger partial charge on any atom is -0.479 e. The lowest BCUT2D eigenvalue weighted by atomic mass is 10.1. The summed E-state index contributed by atoms with van der Waals surface area (Å²) in [5, 5.41) is 19.7. The predicted molar refractivity (Wildman–Crippen MR) is 54.2 cm³/mol. The molecule has 0 bridgehead atoms. The Morgan fingerprint density at radius 3 is 2.53 bits per heavy atom. The third-order valence-corrected chi connectivity index (χ3v) is 2.00. The van der Waals surface area contributed by atoms with E-state index >= 15 is 0 Å². The van der Waals surface area contributed by atoms with E-state index in [9.17, 15) is 9.59 Å². The number of carboxylic acid groups (broad SMARTS) is 1. The first kappa shape index (κ1) is 13.9. The molecule has 0 saturated carbocycles. The summed E-state index contributed by atoms with van der Waals surface area (Å²) in [6, 6.07) is -0.172. The average Bonchev–Trinajstić information content (AvgIpc) is 2.17. The normalized spacial score (nSPS) is 14.3. The fraction of sp³-hybridized carbons (Fsp3) is 0.778. The van der Waals surface area contributed by atoms with E-state index in [4.69, 9.17) is 15.9 Å². The summed E-state index contributed by atoms with van der Waals surface area (Å²) in [7, 11) is 0. The molecule has 88 valence electrons. The molecule has 2 atom stereocenters. The maximum atomic E-state index is 11.1. The molecule has 5 N–H and O–H groups in total. The van der Waals surface area contributed by atoms with Crippen molar-refractivity contribution in [2.75, 3.05) is 6.54 Å². The molecular weight excluding hydrogens is 200 g/mol. The van der Waals surface area contributed by atoms with Gasteiger partial charge in [0.2, 0.25) is 5.91 Å². The maximum Gasteiger partial charge on any atom is 0.332 e. The number of hydrogen-bond acceptors (Lipinski definition) is 4. The maximum absolute atomic E-state index is 11.1. The molecule has 0 aromatic heterocycles. The molecule has 0 heterocycles. The number of aliphatic hydroxyl groups is 1. The van der Waals surface area contributed by atoms with Crippen LogP contribution in [0.5, 0.6) is 0 Å². The Kier molecular flexibility index (Phi) is 6.64. The first-order chi connectivity index (χ1) is 6.97. The number of carbonyl (C=O) groups is 2. The Labute approximate surface area is 88.5 Å². The van der Waals surface area contributed by atoms with E-state index in [0.717, 1.165) is 0 Å². The molecule has 0 spiro atoms. The molecule has 0 aliphatic heterocycles. The Bertz CT molecular complexity index is 220. The highest BCUT2D eigenvalue weighted by atomic mass is 16.4. The number of nitrogens with one attached hydrogen (secondary N) is 1. The first-order valence-electron chi connectivity index (χ1n) is 4.90. The highest BCUT2D eigenvalue weighted by Crippen LogP contribution is 1.94. The van der Waals surface area contributed by atoms with E-state index in [1.807, 2.05) is 6.92 Å². The van der Waals surface area contributed by atoms with E-state index in [1.54, 1.807) is 0 Å². The molecule has 0 aromatic carbocycles. The largest absolute Gasteiger partial charge is 0.479 e. The van der Waals surface area contributed by atoms with E-state index < -0.39 is 12.1 Å². The van der Waals surface area contributed by atoms with Gasteiger partial charge in [0.1, 0.15) is 0 Å². The van der Waals surface area contributed by atoms with Crippen LogP contribution in [0, 0.1) is 0 Å². The number of nitrogens with two attached hydrogens (primary N) is 1. The monoisotopic (exact) mass is 218 g/mol. The zero-order chi connectivity index (χ0) is 11.8. The second-order valence-corrected chi connectivity index (χ2v) is 3.37. The standard InChI is InChI=1S/C9H18N2O4/c1-2-6(10)5-8(13)11-4-3-7(12)9(14)15/h6-7,12H,2-5,10H2,1H3,(H,11,13)(H,14,15). The molecule has 0 aromatic rings. The number of hydrogen-bond donors (Lipinski definition) is 4. The number of aliphatic carboxylic acids is 1. The summed E-state index contributed by atoms with van der Waals surface area (Å²) in [6.07, 6.45) is -0.488. The van der Waals surface area contributed by atoms with Gasteiger partial charge in [-0.3, -0.25) is 4.79 Å². The van der Waals surface area contributed by atoms with Gasteiger partial charge in [0.05, 0.1) is 0 Å². The summed E-state index contributed by atoms with van der Waals surface area (Å²) in [5.74, 6) is -1.50. The van der Waals surface area contributed by atoms with Gasteiger partial charge in [0, 0.05) is 25.4 Å². The van der Waals surface area contributed by atoms with Gasteiger partial charge < -0.3 is 21.3 Å². The summed E-state index contributed by atoms with van der Waals surface area (Å²) in [4.78, 5) is 21.4. The number of carbonyl (C=O) groups excluding carboxylic acids is 1. The van der Waals surface area contributed by atoms with Crippen molar-refractivity contribution in [3.05, 3.63) is 0 Å². The van der Waals surface area contributed by atoms with Crippen molar-refractivity contribution in [2.24, 2.45) is 5.73 Å². The second-order valence-electron chi connectivity index (χ2n) is 3.37. The lowest BCUT2D eigenvalue weighted by Gasteiger charge is -2.10. The fourth-order valence-corrected chi connectivity index (χ4v) is 0.926. The van der Waals surface area contributed by atoms with Crippen LogP contribution in [0.15, 0.2) is 0 Å². The number of amides is 1. The molecular formula is C9H18N2O4. The molecule has 0 fully saturated rings. The lowest BCUT2D eigenvalue weighted by Crippen LogP contribution is -2.34. The van der Waals surface area contributed by atoms with Crippen LogP contribution in [0.1, 0.15) is 26.2 Å². The van der Waals surface area contributed by atoms with Gasteiger partial charge in [-0.1, -0.05) is 6.92 Å². The minimum absolute atomic E-state index is 0.00242. The van der Waals surface area contributed by atoms with Gasteiger partial charge in [-0.2, -0.15) is 0 Å². The van der Waals surface area contributed by atoms with Crippen LogP contribution >= 0.6 is 0 Å². The van der Waals surface area contributed by atoms with E-state index in [0.29, 0.717) is 6.42 Å². The Morgan fingerprint density at radius 1 is 1.47 bits per heavy atom. The molecule has 0 rings (SSSR count). The van der Waals surface area contributed by atoms with Crippen molar-refractivity contribution >= 4 is 11.9 Å². The van der Waals surface area contributed by atoms with E-state index in [-0.39, 0.29) is 31.3 Å². The molecule has 6 heteroatoms. The lowest BCUT2D eigenvalue weighted by molar-refractivity contribution is -0.147. The zero-order valence-corrected chi connectivity index (χ0v) is 8.77. The Balaban J connectivity index is 3.59. The van der Waals surface area contributed by atoms with Crippen LogP contribution < -0.4 is 11.1 Å². The van der Waals surface area contributed by atoms with Crippen LogP contribution in [0.3, 0.4) is 0 Å². The summed E-state index contributed by atoms with van der Waals surface area (Å²) < 4.78 is 0. The van der Waals surface area contributed by atoms with Gasteiger partial charge in [-0.25, -0.2) is 4.79 Å². The molecule has 15 heavy (non-hydrogen) atoms. The quantitative estimate of drug-likeness (QED) is 0.441. The van der Waals surface area contributed by atoms with Gasteiger partial charge >= 0.3 is 5.97 Å². The van der Waals surface area contributed by atoms with Gasteiger partial charge in [0.15, 0.2) is 6.10 Å². The summed E-state index contributed by atoms with van der Waals surface area (Å²) >= 11 is 0. The van der Waals surface area contributed by atoms with Crippen molar-refractivity contribution in [1.29, 1.82) is 0 Å². The van der Waals surface area contributed by atoms with Gasteiger partial charge in [-0.05, 0) is 6.42 Å². The van der Waals surface area contributed by atoms with Crippen molar-refractivity contribution < 1.29 is 19.8 Å². The molecule has 0 aliphatic rings. The van der Waals surface area contributed by atoms with Crippen LogP contribution in [-0.2, 0) is 9.59 Å². The summed E-state index contributed by atoms with van der Waals surface area (Å²) in [6.45, 7) is 2.02. The van der Waals surface area contributed by atoms with Crippen LogP contribution in [0.4, 0.5) is 0 Å². The molecule has 2 unspecified atom stereocenters. The second kappa shape index (κ2) is 7.19. The van der Waals surface area contributed by atoms with Gasteiger partial charge in [-0.15, -0.1) is 0 Å². The highest BCUT2D eigenvalue weighted by molar-refractivity contribution is 5.76. The first-order valence-corrected chi connectivity index (χ1v) is 4.90. The predicted octanol–water partition coefficient (Wildman–Crippen LogP) is -0.934. The van der Waals surface area contributed by atoms with Crippen LogP contribution in [0.25, 0.3) is 0 Å². The third-order valence-electron chi connectivity index (χ3n) is 2.00. The fourth-order valence-electron chi connectivity index (χ4n) is 0.926. The van der Waals surface area contributed by atoms with Crippen LogP contribution in [0.2, 0.25) is 0 Å². The SMILES string of the molecule is CCC(N)CC(=O)NCCC(O)C(=O)O. The third kappa shape index (κ3) is 6.87. The van der Waals surface area contributed by atoms with Crippen molar-refractivity contribution in [3.8, 4) is 0 Å². The highest BCUT2D eigenvalue weighted by Gasteiger charge is 2.13. The van der Waals surface area contributed by atoms with E-state index in [2.05, 4.69) is 5.32 Å². The van der Waals surface area contributed by atoms with Crippen molar-refractivity contribution in [1.82, 2.24) is 5.32 Å². The smallest absolute Gasteiger partial charge is 0.332 e. The number of aliphatic hydroxyl groups excluding tert-OH is 1. The summed E-state index contributed by atoms with van der Waals surface area (Å²) in [5.41, 5.74) is 5.55. The Hall–Kier alpha value is -1.14. The number of carboxylic acids is 1. The van der Waals surface area contributed by atoms with Crippen molar-refractivity contribution in [2.45, 2.75) is 38.3 Å². The van der Waals surface area contributed by atoms with Crippen molar-refractivity contribution in [3.63, 3.8) is 0 Å². The molecule has 0 radical (unpaired) electrons. The molecule has 0 aliphatic carbocycles. The molecule has 6 nitrogen and oxygen atoms in total. The Morgan fingerprint density at radius 2 is 2.07 bits per heavy atom. The molecule has 1 amide bonds. The van der Waals surface area contributed by atoms with E-state index in [1.165, 1.54) is 0 Å².